The van der Waals surface area contributed by atoms with Crippen LogP contribution < -0.4 is 0 Å². The van der Waals surface area contributed by atoms with Crippen LogP contribution >= 0.6 is 0 Å². The van der Waals surface area contributed by atoms with Gasteiger partial charge in [0.2, 0.25) is 0 Å². The van der Waals surface area contributed by atoms with E-state index in [0.717, 1.165) is 0 Å². The van der Waals surface area contributed by atoms with Gasteiger partial charge in [-0.25, -0.2) is 4.39 Å². The Morgan fingerprint density at radius 3 is 0.769 bits per heavy atom. The summed E-state index contributed by atoms with van der Waals surface area (Å²) in [4.78, 5) is 0. The van der Waals surface area contributed by atoms with E-state index in [1.807, 2.05) is 0 Å². The van der Waals surface area contributed by atoms with Gasteiger partial charge in [0.25, 0.3) is 5.85 Å². The summed E-state index contributed by atoms with van der Waals surface area (Å²) in [5.74, 6) is -54.6. The van der Waals surface area contributed by atoms with Crippen LogP contribution in [0, 0.1) is 0 Å². The van der Waals surface area contributed by atoms with E-state index in [4.69, 9.17) is 5.11 Å². The molecule has 1 N–H and O–H groups in total. The quantitative estimate of drug-likeness (QED) is 0.584. The first-order valence-electron chi connectivity index (χ1n) is 5.50. The molecule has 0 aliphatic heterocycles. The van der Waals surface area contributed by atoms with Crippen molar-refractivity contribution < 1.29 is 75.4 Å². The van der Waals surface area contributed by atoms with Crippen molar-refractivity contribution in [3.05, 3.63) is 0 Å². The molecule has 1 unspecified atom stereocenters. The summed E-state index contributed by atoms with van der Waals surface area (Å²) in [6.07, 6.45) is -7.71. The second-order valence-electron chi connectivity index (χ2n) is 4.90. The number of halogens is 16. The molecule has 26 heavy (non-hydrogen) atoms. The Morgan fingerprint density at radius 2 is 0.577 bits per heavy atom. The van der Waals surface area contributed by atoms with Crippen LogP contribution in [-0.4, -0.2) is 52.7 Å². The number of rotatable bonds is 6. The molecule has 0 aromatic carbocycles. The molecule has 17 heteroatoms. The highest BCUT2D eigenvalue weighted by atomic mass is 19.4. The molecule has 0 aromatic heterocycles. The average Bonchev–Trinajstić information content (AvgIpc) is 2.34. The van der Waals surface area contributed by atoms with Crippen molar-refractivity contribution >= 4 is 0 Å². The van der Waals surface area contributed by atoms with E-state index in [0.29, 0.717) is 0 Å². The van der Waals surface area contributed by atoms with Crippen LogP contribution in [0.5, 0.6) is 0 Å². The largest absolute Gasteiger partial charge is 0.460 e. The first kappa shape index (κ1) is 24.8. The lowest BCUT2D eigenvalue weighted by Gasteiger charge is -2.42. The molecule has 0 rings (SSSR count). The Labute approximate surface area is 131 Å². The summed E-state index contributed by atoms with van der Waals surface area (Å²) in [6, 6.07) is 0. The third-order valence-corrected chi connectivity index (χ3v) is 2.90. The van der Waals surface area contributed by atoms with E-state index in [1.165, 1.54) is 0 Å². The summed E-state index contributed by atoms with van der Waals surface area (Å²) in [5, 5.41) is 8.01. The number of alkyl halides is 16. The van der Waals surface area contributed by atoms with Crippen LogP contribution in [0.2, 0.25) is 0 Å². The maximum absolute atomic E-state index is 13.0. The zero-order valence-electron chi connectivity index (χ0n) is 11.5. The summed E-state index contributed by atoms with van der Waals surface area (Å²) in [5.41, 5.74) is 0. The molecule has 0 heterocycles. The van der Waals surface area contributed by atoms with Crippen LogP contribution in [0.15, 0.2) is 0 Å². The van der Waals surface area contributed by atoms with Gasteiger partial charge in [0, 0.05) is 6.92 Å². The maximum Gasteiger partial charge on any atom is 0.460 e. The van der Waals surface area contributed by atoms with Crippen molar-refractivity contribution in [2.75, 3.05) is 0 Å². The van der Waals surface area contributed by atoms with E-state index in [9.17, 15) is 70.2 Å². The van der Waals surface area contributed by atoms with Gasteiger partial charge < -0.3 is 5.11 Å². The minimum atomic E-state index is -8.50. The highest BCUT2D eigenvalue weighted by molar-refractivity contribution is 5.14. The topological polar surface area (TPSA) is 20.2 Å². The molecule has 0 amide bonds. The number of aliphatic hydroxyl groups is 1. The zero-order valence-corrected chi connectivity index (χ0v) is 11.5. The van der Waals surface area contributed by atoms with E-state index in [1.54, 1.807) is 0 Å². The fourth-order valence-electron chi connectivity index (χ4n) is 1.25. The second-order valence-corrected chi connectivity index (χ2v) is 4.90. The molecular formula is C9H4F16O. The third kappa shape index (κ3) is 2.85. The lowest BCUT2D eigenvalue weighted by Crippen LogP contribution is -2.74. The Morgan fingerprint density at radius 1 is 0.385 bits per heavy atom. The van der Waals surface area contributed by atoms with Crippen molar-refractivity contribution in [2.24, 2.45) is 0 Å². The first-order valence-corrected chi connectivity index (χ1v) is 5.50. The maximum atomic E-state index is 13.0. The average molecular weight is 432 g/mol. The van der Waals surface area contributed by atoms with E-state index >= 15 is 0 Å². The lowest BCUT2D eigenvalue weighted by molar-refractivity contribution is -0.463. The molecule has 0 aliphatic rings. The summed E-state index contributed by atoms with van der Waals surface area (Å²) in [7, 11) is 0. The Bertz CT molecular complexity index is 475. The fraction of sp³-hybridized carbons (Fsp3) is 1.00. The van der Waals surface area contributed by atoms with E-state index in [-0.39, 0.29) is 0 Å². The van der Waals surface area contributed by atoms with Crippen molar-refractivity contribution in [2.45, 2.75) is 54.5 Å². The Balaban J connectivity index is 6.61. The third-order valence-electron chi connectivity index (χ3n) is 2.90. The van der Waals surface area contributed by atoms with Gasteiger partial charge in [-0.2, -0.15) is 65.9 Å². The minimum Gasteiger partial charge on any atom is -0.357 e. The fourth-order valence-corrected chi connectivity index (χ4v) is 1.25. The van der Waals surface area contributed by atoms with Crippen molar-refractivity contribution in [1.82, 2.24) is 0 Å². The van der Waals surface area contributed by atoms with Crippen molar-refractivity contribution in [3.8, 4) is 0 Å². The predicted molar refractivity (Wildman–Crippen MR) is 47.5 cm³/mol. The monoisotopic (exact) mass is 432 g/mol. The molecular weight excluding hydrogens is 428 g/mol. The summed E-state index contributed by atoms with van der Waals surface area (Å²) in [6.45, 7) is -1.03. The molecule has 0 aromatic rings. The number of hydrogen-bond donors (Lipinski definition) is 1. The van der Waals surface area contributed by atoms with Gasteiger partial charge in [0.05, 0.1) is 0 Å². The molecule has 158 valence electrons. The lowest BCUT2D eigenvalue weighted by atomic mass is 9.89. The summed E-state index contributed by atoms with van der Waals surface area (Å²) < 4.78 is 201. The molecule has 0 saturated heterocycles. The van der Waals surface area contributed by atoms with Crippen molar-refractivity contribution in [3.63, 3.8) is 0 Å². The minimum absolute atomic E-state index is 1.03. The molecule has 0 fully saturated rings. The normalized spacial score (nSPS) is 18.7. The Kier molecular flexibility index (Phi) is 5.42. The highest BCUT2D eigenvalue weighted by Crippen LogP contribution is 2.63. The molecule has 1 atom stereocenters. The molecule has 0 radical (unpaired) electrons. The van der Waals surface area contributed by atoms with Gasteiger partial charge in [-0.05, 0) is 0 Å². The van der Waals surface area contributed by atoms with E-state index in [2.05, 4.69) is 0 Å². The van der Waals surface area contributed by atoms with Gasteiger partial charge in [0.1, 0.15) is 0 Å². The van der Waals surface area contributed by atoms with Gasteiger partial charge in [-0.3, -0.25) is 0 Å². The second kappa shape index (κ2) is 5.67. The molecule has 0 saturated carbocycles. The SMILES string of the molecule is CC(O)(F)C(F)(F)C(F)(F)C(F)(F)C(F)(F)C(F)(F)C(F)(F)C(F)(F)F. The van der Waals surface area contributed by atoms with Crippen LogP contribution in [0.3, 0.4) is 0 Å². The zero-order chi connectivity index (χ0) is 22.0. The van der Waals surface area contributed by atoms with Crippen molar-refractivity contribution in [1.29, 1.82) is 0 Å². The molecule has 0 bridgehead atoms. The first-order chi connectivity index (χ1) is 10.8. The summed E-state index contributed by atoms with van der Waals surface area (Å²) >= 11 is 0. The molecule has 0 aliphatic carbocycles. The van der Waals surface area contributed by atoms with Crippen LogP contribution in [0.4, 0.5) is 70.2 Å². The van der Waals surface area contributed by atoms with Gasteiger partial charge in [-0.15, -0.1) is 0 Å². The highest BCUT2D eigenvalue weighted by Gasteiger charge is 2.94. The van der Waals surface area contributed by atoms with Gasteiger partial charge in [0.15, 0.2) is 0 Å². The molecule has 1 nitrogen and oxygen atoms in total. The standard InChI is InChI=1S/C9H4F16O/c1-2(10,26)3(11,12)4(13,14)5(15,16)6(17,18)7(19,20)8(21,22)9(23,24)25/h26H,1H3. The van der Waals surface area contributed by atoms with Crippen LogP contribution in [0.1, 0.15) is 6.92 Å². The van der Waals surface area contributed by atoms with E-state index < -0.39 is 54.5 Å². The van der Waals surface area contributed by atoms with Gasteiger partial charge in [-0.1, -0.05) is 0 Å². The van der Waals surface area contributed by atoms with Crippen LogP contribution in [0.25, 0.3) is 0 Å². The number of hydrogen-bond acceptors (Lipinski definition) is 1. The van der Waals surface area contributed by atoms with Gasteiger partial charge >= 0.3 is 41.7 Å². The predicted octanol–water partition coefficient (Wildman–Crippen LogP) is 5.04. The Hall–Kier alpha value is -1.16. The smallest absolute Gasteiger partial charge is 0.357 e. The van der Waals surface area contributed by atoms with Crippen LogP contribution in [-0.2, 0) is 0 Å². The molecule has 0 spiro atoms.